The maximum Gasteiger partial charge on any atom is 0.243 e. The number of carbonyl (C=O) groups excluding carboxylic acids is 1. The maximum atomic E-state index is 11.4. The summed E-state index contributed by atoms with van der Waals surface area (Å²) in [5.74, 6) is -0.244. The highest BCUT2D eigenvalue weighted by molar-refractivity contribution is 9.11. The molecular weight excluding hydrogens is 266 g/mol. The molecule has 0 aliphatic heterocycles. The summed E-state index contributed by atoms with van der Waals surface area (Å²) in [7, 11) is 0. The van der Waals surface area contributed by atoms with Gasteiger partial charge in [-0.2, -0.15) is 0 Å². The summed E-state index contributed by atoms with van der Waals surface area (Å²) in [4.78, 5) is 15.3. The van der Waals surface area contributed by atoms with Crippen molar-refractivity contribution in [3.8, 4) is 0 Å². The second-order valence-electron chi connectivity index (χ2n) is 2.59. The van der Waals surface area contributed by atoms with Crippen LogP contribution >= 0.6 is 27.3 Å². The lowest BCUT2D eigenvalue weighted by molar-refractivity contribution is -0.117. The van der Waals surface area contributed by atoms with Gasteiger partial charge in [0.2, 0.25) is 5.91 Å². The van der Waals surface area contributed by atoms with Gasteiger partial charge < -0.3 is 11.1 Å². The zero-order valence-corrected chi connectivity index (χ0v) is 9.77. The van der Waals surface area contributed by atoms with E-state index in [4.69, 9.17) is 5.73 Å². The van der Waals surface area contributed by atoms with Gasteiger partial charge in [-0.15, -0.1) is 6.58 Å². The molecular formula is C8H10BrN3OS. The van der Waals surface area contributed by atoms with Gasteiger partial charge in [-0.1, -0.05) is 17.4 Å². The van der Waals surface area contributed by atoms with E-state index in [9.17, 15) is 4.79 Å². The Morgan fingerprint density at radius 2 is 2.64 bits per heavy atom. The molecule has 0 radical (unpaired) electrons. The van der Waals surface area contributed by atoms with Crippen molar-refractivity contribution >= 4 is 38.3 Å². The lowest BCUT2D eigenvalue weighted by Gasteiger charge is -2.07. The number of nitrogens with zero attached hydrogens (tertiary/aromatic N) is 1. The van der Waals surface area contributed by atoms with Crippen molar-refractivity contribution in [2.24, 2.45) is 5.73 Å². The molecule has 0 aliphatic rings. The van der Waals surface area contributed by atoms with Crippen LogP contribution in [-0.2, 0) is 4.79 Å². The third-order valence-electron chi connectivity index (χ3n) is 1.46. The lowest BCUT2D eigenvalue weighted by atomic mass is 10.2. The van der Waals surface area contributed by atoms with E-state index in [0.29, 0.717) is 11.6 Å². The molecule has 0 aromatic carbocycles. The van der Waals surface area contributed by atoms with Crippen molar-refractivity contribution in [3.63, 3.8) is 0 Å². The molecule has 0 fully saturated rings. The van der Waals surface area contributed by atoms with Crippen LogP contribution in [0.3, 0.4) is 0 Å². The van der Waals surface area contributed by atoms with Gasteiger partial charge in [0.05, 0.1) is 16.0 Å². The molecule has 0 saturated heterocycles. The van der Waals surface area contributed by atoms with Crippen LogP contribution in [0.4, 0.5) is 5.13 Å². The van der Waals surface area contributed by atoms with Crippen molar-refractivity contribution in [2.45, 2.75) is 12.5 Å². The van der Waals surface area contributed by atoms with E-state index in [1.165, 1.54) is 11.3 Å². The van der Waals surface area contributed by atoms with Crippen LogP contribution in [0.15, 0.2) is 22.6 Å². The summed E-state index contributed by atoms with van der Waals surface area (Å²) in [6, 6.07) is -0.560. The minimum Gasteiger partial charge on any atom is -0.320 e. The molecule has 0 spiro atoms. The van der Waals surface area contributed by atoms with Gasteiger partial charge in [-0.3, -0.25) is 4.79 Å². The van der Waals surface area contributed by atoms with E-state index in [2.05, 4.69) is 32.8 Å². The van der Waals surface area contributed by atoms with E-state index < -0.39 is 6.04 Å². The van der Waals surface area contributed by atoms with Crippen molar-refractivity contribution in [2.75, 3.05) is 5.32 Å². The SMILES string of the molecule is C=CCC(N)C(=O)Nc1ncc(Br)s1. The van der Waals surface area contributed by atoms with E-state index in [1.807, 2.05) is 0 Å². The van der Waals surface area contributed by atoms with Gasteiger partial charge in [-0.05, 0) is 22.4 Å². The van der Waals surface area contributed by atoms with E-state index >= 15 is 0 Å². The quantitative estimate of drug-likeness (QED) is 0.823. The van der Waals surface area contributed by atoms with Crippen LogP contribution in [0.1, 0.15) is 6.42 Å². The predicted molar refractivity (Wildman–Crippen MR) is 61.2 cm³/mol. The zero-order chi connectivity index (χ0) is 10.6. The Morgan fingerprint density at radius 3 is 3.14 bits per heavy atom. The average Bonchev–Trinajstić information content (AvgIpc) is 2.51. The van der Waals surface area contributed by atoms with E-state index in [0.717, 1.165) is 3.79 Å². The number of halogens is 1. The van der Waals surface area contributed by atoms with Crippen LogP contribution < -0.4 is 11.1 Å². The first-order chi connectivity index (χ1) is 6.63. The molecule has 1 aromatic heterocycles. The fourth-order valence-electron chi connectivity index (χ4n) is 0.797. The minimum atomic E-state index is -0.560. The number of hydrogen-bond donors (Lipinski definition) is 2. The highest BCUT2D eigenvalue weighted by Gasteiger charge is 2.12. The normalized spacial score (nSPS) is 12.1. The molecule has 0 saturated carbocycles. The summed E-state index contributed by atoms with van der Waals surface area (Å²) in [5, 5.41) is 3.16. The summed E-state index contributed by atoms with van der Waals surface area (Å²) in [5.41, 5.74) is 5.56. The number of nitrogens with one attached hydrogen (secondary N) is 1. The molecule has 3 N–H and O–H groups in total. The molecule has 0 bridgehead atoms. The van der Waals surface area contributed by atoms with Gasteiger partial charge in [0.15, 0.2) is 5.13 Å². The Morgan fingerprint density at radius 1 is 1.93 bits per heavy atom. The Bertz CT molecular complexity index is 339. The molecule has 1 aromatic rings. The number of nitrogens with two attached hydrogens (primary N) is 1. The molecule has 1 rings (SSSR count). The van der Waals surface area contributed by atoms with E-state index in [1.54, 1.807) is 12.3 Å². The first-order valence-electron chi connectivity index (χ1n) is 3.92. The number of aromatic nitrogens is 1. The zero-order valence-electron chi connectivity index (χ0n) is 7.37. The van der Waals surface area contributed by atoms with Gasteiger partial charge in [0, 0.05) is 0 Å². The Balaban J connectivity index is 2.52. The van der Waals surface area contributed by atoms with Crippen LogP contribution in [-0.4, -0.2) is 16.9 Å². The van der Waals surface area contributed by atoms with Crippen LogP contribution in [0, 0.1) is 0 Å². The molecule has 1 heterocycles. The first-order valence-corrected chi connectivity index (χ1v) is 5.53. The summed E-state index contributed by atoms with van der Waals surface area (Å²) in [6.45, 7) is 3.51. The number of rotatable bonds is 4. The van der Waals surface area contributed by atoms with Gasteiger partial charge in [-0.25, -0.2) is 4.98 Å². The van der Waals surface area contributed by atoms with Gasteiger partial charge >= 0.3 is 0 Å². The number of amides is 1. The molecule has 14 heavy (non-hydrogen) atoms. The third kappa shape index (κ3) is 3.21. The Labute approximate surface area is 94.3 Å². The lowest BCUT2D eigenvalue weighted by Crippen LogP contribution is -2.34. The van der Waals surface area contributed by atoms with Gasteiger partial charge in [0.25, 0.3) is 0 Å². The topological polar surface area (TPSA) is 68.0 Å². The highest BCUT2D eigenvalue weighted by Crippen LogP contribution is 2.23. The van der Waals surface area contributed by atoms with Crippen molar-refractivity contribution < 1.29 is 4.79 Å². The van der Waals surface area contributed by atoms with E-state index in [-0.39, 0.29) is 5.91 Å². The van der Waals surface area contributed by atoms with Crippen molar-refractivity contribution in [3.05, 3.63) is 22.6 Å². The molecule has 6 heteroatoms. The molecule has 4 nitrogen and oxygen atoms in total. The number of carbonyl (C=O) groups is 1. The fourth-order valence-corrected chi connectivity index (χ4v) is 1.91. The van der Waals surface area contributed by atoms with Crippen LogP contribution in [0.5, 0.6) is 0 Å². The molecule has 1 unspecified atom stereocenters. The van der Waals surface area contributed by atoms with Gasteiger partial charge in [0.1, 0.15) is 0 Å². The number of anilines is 1. The first kappa shape index (κ1) is 11.4. The summed E-state index contributed by atoms with van der Waals surface area (Å²) >= 11 is 4.59. The second kappa shape index (κ2) is 5.23. The summed E-state index contributed by atoms with van der Waals surface area (Å²) in [6.07, 6.45) is 3.69. The van der Waals surface area contributed by atoms with Crippen LogP contribution in [0.2, 0.25) is 0 Å². The highest BCUT2D eigenvalue weighted by atomic mass is 79.9. The molecule has 0 aliphatic carbocycles. The van der Waals surface area contributed by atoms with Crippen molar-refractivity contribution in [1.29, 1.82) is 0 Å². The minimum absolute atomic E-state index is 0.244. The largest absolute Gasteiger partial charge is 0.320 e. The monoisotopic (exact) mass is 275 g/mol. The third-order valence-corrected chi connectivity index (χ3v) is 2.86. The predicted octanol–water partition coefficient (Wildman–Crippen LogP) is 1.75. The fraction of sp³-hybridized carbons (Fsp3) is 0.250. The second-order valence-corrected chi connectivity index (χ2v) is 5.00. The van der Waals surface area contributed by atoms with Crippen molar-refractivity contribution in [1.82, 2.24) is 4.98 Å². The Hall–Kier alpha value is -0.720. The summed E-state index contributed by atoms with van der Waals surface area (Å²) < 4.78 is 0.866. The maximum absolute atomic E-state index is 11.4. The Kier molecular flexibility index (Phi) is 4.24. The number of hydrogen-bond acceptors (Lipinski definition) is 4. The number of thiazole rings is 1. The molecule has 1 atom stereocenters. The van der Waals surface area contributed by atoms with Crippen LogP contribution in [0.25, 0.3) is 0 Å². The molecule has 1 amide bonds. The molecule has 76 valence electrons. The standard InChI is InChI=1S/C8H10BrN3OS/c1-2-3-5(10)7(13)12-8-11-4-6(9)14-8/h2,4-5H,1,3,10H2,(H,11,12,13). The average molecular weight is 276 g/mol. The smallest absolute Gasteiger partial charge is 0.243 e.